The number of tetrazole rings is 1. The number of nitrogens with one attached hydrogen (secondary N) is 1. The summed E-state index contributed by atoms with van der Waals surface area (Å²) in [5, 5.41) is 13.9. The summed E-state index contributed by atoms with van der Waals surface area (Å²) in [6, 6.07) is 28.9. The lowest BCUT2D eigenvalue weighted by atomic mass is 10.00. The highest BCUT2D eigenvalue weighted by Crippen LogP contribution is 2.30. The van der Waals surface area contributed by atoms with Gasteiger partial charge < -0.3 is 14.4 Å². The summed E-state index contributed by atoms with van der Waals surface area (Å²) >= 11 is 0. The Kier molecular flexibility index (Phi) is 7.78. The van der Waals surface area contributed by atoms with Gasteiger partial charge in [0.05, 0.1) is 12.7 Å². The molecule has 1 saturated heterocycles. The van der Waals surface area contributed by atoms with Crippen LogP contribution in [0.3, 0.4) is 0 Å². The zero-order chi connectivity index (χ0) is 23.7. The van der Waals surface area contributed by atoms with E-state index in [-0.39, 0.29) is 12.2 Å². The van der Waals surface area contributed by atoms with Crippen LogP contribution in [0.2, 0.25) is 0 Å². The largest absolute Gasteiger partial charge is 0.494 e. The number of hydrogen-bond donors (Lipinski definition) is 1. The van der Waals surface area contributed by atoms with E-state index in [2.05, 4.69) is 86.2 Å². The summed E-state index contributed by atoms with van der Waals surface area (Å²) < 4.78 is 12.6. The van der Waals surface area contributed by atoms with Gasteiger partial charge in [-0.1, -0.05) is 60.7 Å². The van der Waals surface area contributed by atoms with Crippen molar-refractivity contribution in [3.05, 3.63) is 96.1 Å². The molecule has 0 saturated carbocycles. The van der Waals surface area contributed by atoms with Crippen LogP contribution in [0.15, 0.2) is 84.9 Å². The average molecular weight is 470 g/mol. The van der Waals surface area contributed by atoms with Crippen LogP contribution in [-0.4, -0.2) is 57.9 Å². The summed E-state index contributed by atoms with van der Waals surface area (Å²) in [5.74, 6) is 1.52. The number of hydrogen-bond acceptors (Lipinski definition) is 6. The van der Waals surface area contributed by atoms with Crippen LogP contribution in [-0.2, 0) is 4.74 Å². The second-order valence-electron chi connectivity index (χ2n) is 8.85. The highest BCUT2D eigenvalue weighted by molar-refractivity contribution is 5.54. The maximum Gasteiger partial charge on any atom is 0.179 e. The number of nitrogens with zero attached hydrogens (tertiary/aromatic N) is 4. The first-order valence-corrected chi connectivity index (χ1v) is 12.3. The lowest BCUT2D eigenvalue weighted by Gasteiger charge is -2.34. The molecule has 1 aliphatic rings. The summed E-state index contributed by atoms with van der Waals surface area (Å²) in [5.41, 5.74) is 3.36. The molecule has 3 aromatic carbocycles. The maximum absolute atomic E-state index is 6.67. The van der Waals surface area contributed by atoms with E-state index in [1.807, 2.05) is 24.3 Å². The van der Waals surface area contributed by atoms with E-state index < -0.39 is 0 Å². The summed E-state index contributed by atoms with van der Waals surface area (Å²) in [6.45, 7) is 3.85. The summed E-state index contributed by atoms with van der Waals surface area (Å²) in [6.07, 6.45) is 3.35. The van der Waals surface area contributed by atoms with E-state index in [1.165, 1.54) is 11.1 Å². The molecule has 0 unspecified atom stereocenters. The van der Waals surface area contributed by atoms with Gasteiger partial charge in [0.1, 0.15) is 11.9 Å². The van der Waals surface area contributed by atoms with E-state index in [9.17, 15) is 0 Å². The lowest BCUT2D eigenvalue weighted by Crippen LogP contribution is -2.38. The molecule has 35 heavy (non-hydrogen) atoms. The molecular weight excluding hydrogens is 438 g/mol. The van der Waals surface area contributed by atoms with Gasteiger partial charge in [-0.3, -0.25) is 0 Å². The standard InChI is InChI=1S/C28H31N5O2/c1-3-8-22(9-4-1)27(23-10-5-2-6-11-23)35-26-16-19-33(20-17-26)18-7-21-34-25-14-12-24(13-15-25)28-29-31-32-30-28/h1-6,8-15,26-27H,7,16-21H2,(H,29,30,31,32). The second kappa shape index (κ2) is 11.7. The Morgan fingerprint density at radius 1 is 0.857 bits per heavy atom. The molecule has 1 aliphatic heterocycles. The van der Waals surface area contributed by atoms with Crippen LogP contribution in [0.25, 0.3) is 11.4 Å². The van der Waals surface area contributed by atoms with Gasteiger partial charge in [0.15, 0.2) is 5.82 Å². The van der Waals surface area contributed by atoms with Gasteiger partial charge in [-0.05, 0) is 65.1 Å². The number of aromatic amines is 1. The monoisotopic (exact) mass is 469 g/mol. The maximum atomic E-state index is 6.67. The Labute approximate surface area is 206 Å². The minimum Gasteiger partial charge on any atom is -0.494 e. The first-order chi connectivity index (χ1) is 17.3. The Hall–Kier alpha value is -3.55. The number of ether oxygens (including phenoxy) is 2. The predicted octanol–water partition coefficient (Wildman–Crippen LogP) is 4.91. The van der Waals surface area contributed by atoms with Gasteiger partial charge in [0.25, 0.3) is 0 Å². The molecule has 180 valence electrons. The van der Waals surface area contributed by atoms with Crippen molar-refractivity contribution >= 4 is 0 Å². The van der Waals surface area contributed by atoms with Crippen molar-refractivity contribution in [3.8, 4) is 17.1 Å². The highest BCUT2D eigenvalue weighted by Gasteiger charge is 2.24. The lowest BCUT2D eigenvalue weighted by molar-refractivity contribution is -0.0273. The third-order valence-corrected chi connectivity index (χ3v) is 6.43. The van der Waals surface area contributed by atoms with E-state index >= 15 is 0 Å². The van der Waals surface area contributed by atoms with E-state index in [1.54, 1.807) is 0 Å². The molecule has 0 bridgehead atoms. The van der Waals surface area contributed by atoms with Crippen molar-refractivity contribution in [2.75, 3.05) is 26.2 Å². The molecule has 0 aliphatic carbocycles. The fourth-order valence-corrected chi connectivity index (χ4v) is 4.54. The first-order valence-electron chi connectivity index (χ1n) is 12.3. The molecular formula is C28H31N5O2. The van der Waals surface area contributed by atoms with Crippen molar-refractivity contribution < 1.29 is 9.47 Å². The molecule has 0 amide bonds. The Bertz CT molecular complexity index is 1090. The number of benzene rings is 3. The molecule has 0 radical (unpaired) electrons. The van der Waals surface area contributed by atoms with Crippen molar-refractivity contribution in [2.24, 2.45) is 0 Å². The highest BCUT2D eigenvalue weighted by atomic mass is 16.5. The molecule has 7 heteroatoms. The third kappa shape index (κ3) is 6.32. The van der Waals surface area contributed by atoms with Crippen molar-refractivity contribution in [3.63, 3.8) is 0 Å². The van der Waals surface area contributed by atoms with Gasteiger partial charge in [0, 0.05) is 25.2 Å². The normalized spacial score (nSPS) is 14.9. The molecule has 1 aromatic heterocycles. The molecule has 2 heterocycles. The average Bonchev–Trinajstić information content (AvgIpc) is 3.47. The zero-order valence-corrected chi connectivity index (χ0v) is 19.8. The molecule has 4 aromatic rings. The number of likely N-dealkylation sites (tertiary alicyclic amines) is 1. The van der Waals surface area contributed by atoms with Crippen LogP contribution in [0, 0.1) is 0 Å². The SMILES string of the molecule is c1ccc(C(OC2CCN(CCCOc3ccc(-c4nnn[nH]4)cc3)CC2)c2ccccc2)cc1. The van der Waals surface area contributed by atoms with Gasteiger partial charge in [-0.15, -0.1) is 5.10 Å². The number of H-pyrrole nitrogens is 1. The Morgan fingerprint density at radius 3 is 2.11 bits per heavy atom. The van der Waals surface area contributed by atoms with Crippen molar-refractivity contribution in [2.45, 2.75) is 31.5 Å². The van der Waals surface area contributed by atoms with Crippen LogP contribution >= 0.6 is 0 Å². The molecule has 1 fully saturated rings. The number of piperidine rings is 1. The van der Waals surface area contributed by atoms with Crippen molar-refractivity contribution in [1.82, 2.24) is 25.5 Å². The Morgan fingerprint density at radius 2 is 1.51 bits per heavy atom. The van der Waals surface area contributed by atoms with Crippen LogP contribution in [0.4, 0.5) is 0 Å². The molecule has 5 rings (SSSR count). The smallest absolute Gasteiger partial charge is 0.179 e. The fraction of sp³-hybridized carbons (Fsp3) is 0.321. The molecule has 0 atom stereocenters. The van der Waals surface area contributed by atoms with Crippen LogP contribution in [0.5, 0.6) is 5.75 Å². The first kappa shape index (κ1) is 23.2. The van der Waals surface area contributed by atoms with E-state index in [0.29, 0.717) is 12.4 Å². The second-order valence-corrected chi connectivity index (χ2v) is 8.85. The predicted molar refractivity (Wildman–Crippen MR) is 135 cm³/mol. The Balaban J connectivity index is 1.05. The van der Waals surface area contributed by atoms with Crippen molar-refractivity contribution in [1.29, 1.82) is 0 Å². The van der Waals surface area contributed by atoms with Gasteiger partial charge in [-0.2, -0.15) is 0 Å². The summed E-state index contributed by atoms with van der Waals surface area (Å²) in [4.78, 5) is 2.52. The quantitative estimate of drug-likeness (QED) is 0.333. The van der Waals surface area contributed by atoms with Gasteiger partial charge in [0.2, 0.25) is 0 Å². The fourth-order valence-electron chi connectivity index (χ4n) is 4.54. The van der Waals surface area contributed by atoms with Gasteiger partial charge >= 0.3 is 0 Å². The third-order valence-electron chi connectivity index (χ3n) is 6.43. The number of aromatic nitrogens is 4. The topological polar surface area (TPSA) is 76.2 Å². The molecule has 7 nitrogen and oxygen atoms in total. The molecule has 1 N–H and O–H groups in total. The minimum absolute atomic E-state index is 0.0194. The minimum atomic E-state index is -0.0194. The number of rotatable bonds is 10. The van der Waals surface area contributed by atoms with E-state index in [0.717, 1.165) is 50.2 Å². The van der Waals surface area contributed by atoms with E-state index in [4.69, 9.17) is 9.47 Å². The van der Waals surface area contributed by atoms with Crippen LogP contribution < -0.4 is 4.74 Å². The zero-order valence-electron chi connectivity index (χ0n) is 19.8. The van der Waals surface area contributed by atoms with Crippen LogP contribution in [0.1, 0.15) is 36.5 Å². The summed E-state index contributed by atoms with van der Waals surface area (Å²) in [7, 11) is 0. The molecule has 0 spiro atoms. The van der Waals surface area contributed by atoms with Gasteiger partial charge in [-0.25, -0.2) is 5.10 Å².